The van der Waals surface area contributed by atoms with Crippen LogP contribution in [0.15, 0.2) is 24.3 Å². The molecule has 17 heavy (non-hydrogen) atoms. The largest absolute Gasteiger partial charge is 0.314 e. The van der Waals surface area contributed by atoms with E-state index >= 15 is 0 Å². The zero-order chi connectivity index (χ0) is 12.8. The van der Waals surface area contributed by atoms with Crippen molar-refractivity contribution >= 4 is 0 Å². The molecule has 96 valence electrons. The molecule has 0 aliphatic heterocycles. The number of hydrogen-bond donors (Lipinski definition) is 1. The fraction of sp³-hybridized carbons (Fsp3) is 0.600. The molecule has 0 aliphatic rings. The SMILES string of the molecule is CC(C)NCC(C)C(C)Cc1ccccc1F. The van der Waals surface area contributed by atoms with E-state index in [9.17, 15) is 4.39 Å². The predicted molar refractivity (Wildman–Crippen MR) is 71.6 cm³/mol. The lowest BCUT2D eigenvalue weighted by molar-refractivity contribution is 0.351. The maximum atomic E-state index is 13.5. The molecule has 1 nitrogen and oxygen atoms in total. The third-order valence-corrected chi connectivity index (χ3v) is 3.32. The van der Waals surface area contributed by atoms with Gasteiger partial charge >= 0.3 is 0 Å². The summed E-state index contributed by atoms with van der Waals surface area (Å²) in [4.78, 5) is 0. The van der Waals surface area contributed by atoms with Gasteiger partial charge in [-0.05, 0) is 36.4 Å². The second-order valence-corrected chi connectivity index (χ2v) is 5.31. The average Bonchev–Trinajstić information content (AvgIpc) is 2.28. The molecule has 2 unspecified atom stereocenters. The van der Waals surface area contributed by atoms with Crippen molar-refractivity contribution in [3.8, 4) is 0 Å². The molecule has 0 radical (unpaired) electrons. The standard InChI is InChI=1S/C15H24FN/c1-11(2)17-10-13(4)12(3)9-14-7-5-6-8-15(14)16/h5-8,11-13,17H,9-10H2,1-4H3. The maximum absolute atomic E-state index is 13.5. The topological polar surface area (TPSA) is 12.0 Å². The summed E-state index contributed by atoms with van der Waals surface area (Å²) >= 11 is 0. The van der Waals surface area contributed by atoms with Crippen LogP contribution in [-0.2, 0) is 6.42 Å². The summed E-state index contributed by atoms with van der Waals surface area (Å²) in [5.74, 6) is 0.957. The van der Waals surface area contributed by atoms with Gasteiger partial charge in [0.05, 0.1) is 0 Å². The van der Waals surface area contributed by atoms with Gasteiger partial charge in [0, 0.05) is 6.04 Å². The van der Waals surface area contributed by atoms with E-state index in [1.807, 2.05) is 12.1 Å². The van der Waals surface area contributed by atoms with E-state index in [0.29, 0.717) is 17.9 Å². The summed E-state index contributed by atoms with van der Waals surface area (Å²) < 4.78 is 13.5. The van der Waals surface area contributed by atoms with Crippen molar-refractivity contribution < 1.29 is 4.39 Å². The number of benzene rings is 1. The highest BCUT2D eigenvalue weighted by molar-refractivity contribution is 5.17. The molecule has 2 atom stereocenters. The van der Waals surface area contributed by atoms with Gasteiger partial charge in [0.15, 0.2) is 0 Å². The number of rotatable bonds is 6. The Kier molecular flexibility index (Phi) is 5.63. The predicted octanol–water partition coefficient (Wildman–Crippen LogP) is 3.64. The molecule has 0 fully saturated rings. The van der Waals surface area contributed by atoms with Crippen LogP contribution in [0.3, 0.4) is 0 Å². The highest BCUT2D eigenvalue weighted by Gasteiger charge is 2.14. The van der Waals surface area contributed by atoms with Crippen molar-refractivity contribution in [3.63, 3.8) is 0 Å². The van der Waals surface area contributed by atoms with Crippen LogP contribution in [0.1, 0.15) is 33.3 Å². The number of hydrogen-bond acceptors (Lipinski definition) is 1. The van der Waals surface area contributed by atoms with Gasteiger partial charge in [-0.1, -0.05) is 45.9 Å². The molecule has 0 heterocycles. The summed E-state index contributed by atoms with van der Waals surface area (Å²) in [5, 5.41) is 3.43. The molecule has 1 rings (SSSR count). The minimum absolute atomic E-state index is 0.0802. The summed E-state index contributed by atoms with van der Waals surface area (Å²) in [6.45, 7) is 9.70. The zero-order valence-electron chi connectivity index (χ0n) is 11.3. The van der Waals surface area contributed by atoms with Gasteiger partial charge in [-0.2, -0.15) is 0 Å². The van der Waals surface area contributed by atoms with Crippen LogP contribution in [0, 0.1) is 17.7 Å². The third-order valence-electron chi connectivity index (χ3n) is 3.32. The van der Waals surface area contributed by atoms with E-state index in [-0.39, 0.29) is 5.82 Å². The first-order chi connectivity index (χ1) is 8.00. The Hall–Kier alpha value is -0.890. The van der Waals surface area contributed by atoms with Gasteiger partial charge in [0.1, 0.15) is 5.82 Å². The molecule has 1 aromatic carbocycles. The third kappa shape index (κ3) is 4.86. The molecule has 2 heteroatoms. The lowest BCUT2D eigenvalue weighted by Crippen LogP contribution is -2.31. The molecule has 0 aliphatic carbocycles. The van der Waals surface area contributed by atoms with Crippen molar-refractivity contribution in [3.05, 3.63) is 35.6 Å². The molecule has 1 aromatic rings. The summed E-state index contributed by atoms with van der Waals surface area (Å²) in [6.07, 6.45) is 0.813. The first kappa shape index (κ1) is 14.2. The second kappa shape index (κ2) is 6.75. The maximum Gasteiger partial charge on any atom is 0.126 e. The second-order valence-electron chi connectivity index (χ2n) is 5.31. The summed E-state index contributed by atoms with van der Waals surface area (Å²) in [6, 6.07) is 7.58. The lowest BCUT2D eigenvalue weighted by atomic mass is 9.89. The van der Waals surface area contributed by atoms with Crippen LogP contribution in [0.4, 0.5) is 4.39 Å². The van der Waals surface area contributed by atoms with Gasteiger partial charge in [-0.25, -0.2) is 4.39 Å². The fourth-order valence-electron chi connectivity index (χ4n) is 1.83. The Labute approximate surface area is 104 Å². The van der Waals surface area contributed by atoms with Gasteiger partial charge < -0.3 is 5.32 Å². The lowest BCUT2D eigenvalue weighted by Gasteiger charge is -2.22. The first-order valence-electron chi connectivity index (χ1n) is 6.47. The first-order valence-corrected chi connectivity index (χ1v) is 6.47. The van der Waals surface area contributed by atoms with E-state index in [1.165, 1.54) is 0 Å². The Balaban J connectivity index is 2.48. The highest BCUT2D eigenvalue weighted by atomic mass is 19.1. The van der Waals surface area contributed by atoms with Gasteiger partial charge in [-0.3, -0.25) is 0 Å². The summed E-state index contributed by atoms with van der Waals surface area (Å²) in [7, 11) is 0. The molecular weight excluding hydrogens is 213 g/mol. The van der Waals surface area contributed by atoms with Crippen molar-refractivity contribution in [1.29, 1.82) is 0 Å². The molecule has 0 saturated carbocycles. The van der Waals surface area contributed by atoms with Crippen molar-refractivity contribution in [2.45, 2.75) is 40.2 Å². The molecule has 1 N–H and O–H groups in total. The summed E-state index contributed by atoms with van der Waals surface area (Å²) in [5.41, 5.74) is 0.830. The Morgan fingerprint density at radius 2 is 1.71 bits per heavy atom. The van der Waals surface area contributed by atoms with Gasteiger partial charge in [-0.15, -0.1) is 0 Å². The Morgan fingerprint density at radius 1 is 1.06 bits per heavy atom. The van der Waals surface area contributed by atoms with Crippen LogP contribution < -0.4 is 5.32 Å². The molecular formula is C15H24FN. The van der Waals surface area contributed by atoms with Crippen molar-refractivity contribution in [2.75, 3.05) is 6.54 Å². The number of nitrogens with one attached hydrogen (secondary N) is 1. The normalized spacial score (nSPS) is 14.9. The molecule has 0 saturated heterocycles. The average molecular weight is 237 g/mol. The highest BCUT2D eigenvalue weighted by Crippen LogP contribution is 2.18. The molecule has 0 aromatic heterocycles. The van der Waals surface area contributed by atoms with Gasteiger partial charge in [0.2, 0.25) is 0 Å². The number of halogens is 1. The minimum Gasteiger partial charge on any atom is -0.314 e. The fourth-order valence-corrected chi connectivity index (χ4v) is 1.83. The van der Waals surface area contributed by atoms with Crippen molar-refractivity contribution in [1.82, 2.24) is 5.32 Å². The Bertz CT molecular complexity index is 335. The minimum atomic E-state index is -0.0802. The van der Waals surface area contributed by atoms with Gasteiger partial charge in [0.25, 0.3) is 0 Å². The zero-order valence-corrected chi connectivity index (χ0v) is 11.3. The van der Waals surface area contributed by atoms with E-state index in [0.717, 1.165) is 18.5 Å². The van der Waals surface area contributed by atoms with Crippen LogP contribution in [0.2, 0.25) is 0 Å². The van der Waals surface area contributed by atoms with Crippen LogP contribution in [0.5, 0.6) is 0 Å². The quantitative estimate of drug-likeness (QED) is 0.796. The Morgan fingerprint density at radius 3 is 2.29 bits per heavy atom. The molecule has 0 amide bonds. The monoisotopic (exact) mass is 237 g/mol. The van der Waals surface area contributed by atoms with Crippen LogP contribution in [0.25, 0.3) is 0 Å². The smallest absolute Gasteiger partial charge is 0.126 e. The van der Waals surface area contributed by atoms with E-state index in [4.69, 9.17) is 0 Å². The van der Waals surface area contributed by atoms with Crippen LogP contribution in [-0.4, -0.2) is 12.6 Å². The van der Waals surface area contributed by atoms with Crippen molar-refractivity contribution in [2.24, 2.45) is 11.8 Å². The van der Waals surface area contributed by atoms with E-state index in [2.05, 4.69) is 33.0 Å². The van der Waals surface area contributed by atoms with E-state index < -0.39 is 0 Å². The van der Waals surface area contributed by atoms with Crippen LogP contribution >= 0.6 is 0 Å². The molecule has 0 spiro atoms. The van der Waals surface area contributed by atoms with E-state index in [1.54, 1.807) is 12.1 Å². The molecule has 0 bridgehead atoms.